The largest absolute Gasteiger partial charge is 1.00 e. The van der Waals surface area contributed by atoms with Crippen LogP contribution in [0.1, 0.15) is 13.3 Å². The van der Waals surface area contributed by atoms with E-state index in [2.05, 4.69) is 12.6 Å². The van der Waals surface area contributed by atoms with Gasteiger partial charge in [-0.3, -0.25) is 0 Å². The van der Waals surface area contributed by atoms with Crippen LogP contribution in [0.2, 0.25) is 0 Å². The summed E-state index contributed by atoms with van der Waals surface area (Å²) in [5.74, 6) is 0.469. The summed E-state index contributed by atoms with van der Waals surface area (Å²) >= 11 is 3.78. The van der Waals surface area contributed by atoms with Gasteiger partial charge in [-0.25, -0.2) is 0 Å². The molecule has 0 fully saturated rings. The summed E-state index contributed by atoms with van der Waals surface area (Å²) in [6.45, 7) is 1.87. The van der Waals surface area contributed by atoms with Crippen LogP contribution in [-0.2, 0) is 0 Å². The van der Waals surface area contributed by atoms with Gasteiger partial charge in [-0.05, 0) is 5.75 Å². The van der Waals surface area contributed by atoms with Crippen molar-refractivity contribution >= 4 is 12.6 Å². The number of rotatable bonds is 2. The minimum Gasteiger partial charge on any atom is -0.851 e. The molecule has 0 saturated carbocycles. The van der Waals surface area contributed by atoms with Crippen LogP contribution in [-0.4, -0.2) is 11.9 Å². The first-order valence-electron chi connectivity index (χ1n) is 2.08. The molecule has 0 rings (SSSR count). The summed E-state index contributed by atoms with van der Waals surface area (Å²) in [6.07, 6.45) is 0.247. The fraction of sp³-hybridized carbons (Fsp3) is 1.00. The SMILES string of the molecule is CCC([O-])CS.[Na+]. The molecule has 0 aromatic rings. The molecule has 0 aliphatic heterocycles. The summed E-state index contributed by atoms with van der Waals surface area (Å²) in [5.41, 5.74) is 0. The summed E-state index contributed by atoms with van der Waals surface area (Å²) in [5, 5.41) is 10.2. The molecule has 7 heavy (non-hydrogen) atoms. The second-order valence-electron chi connectivity index (χ2n) is 1.21. The molecule has 0 bridgehead atoms. The van der Waals surface area contributed by atoms with Gasteiger partial charge in [0.05, 0.1) is 0 Å². The predicted octanol–water partition coefficient (Wildman–Crippen LogP) is -2.94. The van der Waals surface area contributed by atoms with Crippen molar-refractivity contribution in [1.82, 2.24) is 0 Å². The fourth-order valence-electron chi connectivity index (χ4n) is 0.129. The van der Waals surface area contributed by atoms with Crippen LogP contribution >= 0.6 is 12.6 Å². The van der Waals surface area contributed by atoms with Gasteiger partial charge in [0.1, 0.15) is 0 Å². The van der Waals surface area contributed by atoms with Gasteiger partial charge < -0.3 is 5.11 Å². The Labute approximate surface area is 72.2 Å². The normalized spacial score (nSPS) is 12.4. The third-order valence-electron chi connectivity index (χ3n) is 0.659. The van der Waals surface area contributed by atoms with Crippen molar-refractivity contribution in [2.24, 2.45) is 0 Å². The minimum absolute atomic E-state index is 0. The van der Waals surface area contributed by atoms with Crippen molar-refractivity contribution in [2.75, 3.05) is 5.75 Å². The Balaban J connectivity index is 0. The summed E-state index contributed by atoms with van der Waals surface area (Å²) in [7, 11) is 0. The van der Waals surface area contributed by atoms with Crippen molar-refractivity contribution in [3.05, 3.63) is 0 Å². The topological polar surface area (TPSA) is 23.1 Å². The van der Waals surface area contributed by atoms with Crippen molar-refractivity contribution in [2.45, 2.75) is 19.4 Å². The van der Waals surface area contributed by atoms with E-state index < -0.39 is 6.10 Å². The molecule has 0 N–H and O–H groups in total. The van der Waals surface area contributed by atoms with Crippen LogP contribution in [0.5, 0.6) is 0 Å². The van der Waals surface area contributed by atoms with E-state index in [1.54, 1.807) is 0 Å². The fourth-order valence-corrected chi connectivity index (χ4v) is 0.387. The molecule has 0 heterocycles. The standard InChI is InChI=1S/C4H9OS.Na/c1-2-4(5)3-6;/h4,6H,2-3H2,1H3;/q-1;+1. The Morgan fingerprint density at radius 2 is 2.14 bits per heavy atom. The quantitative estimate of drug-likeness (QED) is 0.312. The molecule has 0 saturated heterocycles. The molecular formula is C4H9NaOS. The van der Waals surface area contributed by atoms with E-state index in [0.717, 1.165) is 0 Å². The van der Waals surface area contributed by atoms with E-state index in [-0.39, 0.29) is 29.6 Å². The zero-order valence-corrected chi connectivity index (χ0v) is 7.74. The first kappa shape index (κ1) is 11.2. The predicted molar refractivity (Wildman–Crippen MR) is 27.9 cm³/mol. The average molecular weight is 128 g/mol. The van der Waals surface area contributed by atoms with E-state index in [4.69, 9.17) is 0 Å². The molecule has 0 aliphatic rings. The zero-order chi connectivity index (χ0) is 4.99. The van der Waals surface area contributed by atoms with Crippen LogP contribution in [0, 0.1) is 0 Å². The van der Waals surface area contributed by atoms with Gasteiger partial charge in [0.15, 0.2) is 0 Å². The molecule has 0 aromatic heterocycles. The van der Waals surface area contributed by atoms with E-state index in [1.165, 1.54) is 0 Å². The third kappa shape index (κ3) is 7.31. The summed E-state index contributed by atoms with van der Waals surface area (Å²) in [6, 6.07) is 0. The molecule has 1 atom stereocenters. The van der Waals surface area contributed by atoms with Crippen LogP contribution in [0.3, 0.4) is 0 Å². The van der Waals surface area contributed by atoms with E-state index in [1.807, 2.05) is 6.92 Å². The molecule has 0 aliphatic carbocycles. The van der Waals surface area contributed by atoms with Gasteiger partial charge in [-0.1, -0.05) is 13.3 Å². The van der Waals surface area contributed by atoms with Crippen LogP contribution in [0.25, 0.3) is 0 Å². The second kappa shape index (κ2) is 7.31. The van der Waals surface area contributed by atoms with Gasteiger partial charge in [-0.15, -0.1) is 6.10 Å². The molecule has 38 valence electrons. The zero-order valence-electron chi connectivity index (χ0n) is 4.85. The van der Waals surface area contributed by atoms with Gasteiger partial charge >= 0.3 is 29.6 Å². The van der Waals surface area contributed by atoms with Gasteiger partial charge in [0.25, 0.3) is 0 Å². The maximum atomic E-state index is 10.2. The molecular weight excluding hydrogens is 119 g/mol. The number of hydrogen-bond donors (Lipinski definition) is 1. The van der Waals surface area contributed by atoms with E-state index in [0.29, 0.717) is 12.2 Å². The Morgan fingerprint density at radius 1 is 1.71 bits per heavy atom. The van der Waals surface area contributed by atoms with Crippen molar-refractivity contribution in [3.8, 4) is 0 Å². The monoisotopic (exact) mass is 128 g/mol. The Morgan fingerprint density at radius 3 is 2.14 bits per heavy atom. The van der Waals surface area contributed by atoms with Crippen LogP contribution in [0.15, 0.2) is 0 Å². The molecule has 0 aromatic carbocycles. The number of thiol groups is 1. The maximum absolute atomic E-state index is 10.2. The molecule has 1 unspecified atom stereocenters. The first-order chi connectivity index (χ1) is 2.81. The van der Waals surface area contributed by atoms with Crippen molar-refractivity contribution in [1.29, 1.82) is 0 Å². The summed E-state index contributed by atoms with van der Waals surface area (Å²) < 4.78 is 0. The second-order valence-corrected chi connectivity index (χ2v) is 1.58. The molecule has 0 amide bonds. The molecule has 0 spiro atoms. The Bertz CT molecular complexity index is 30.9. The smallest absolute Gasteiger partial charge is 0.851 e. The minimum atomic E-state index is -0.451. The average Bonchev–Trinajstić information content (AvgIpc) is 1.65. The van der Waals surface area contributed by atoms with Gasteiger partial charge in [-0.2, -0.15) is 12.6 Å². The van der Waals surface area contributed by atoms with Crippen LogP contribution in [0.4, 0.5) is 0 Å². The van der Waals surface area contributed by atoms with Gasteiger partial charge in [0.2, 0.25) is 0 Å². The molecule has 0 radical (unpaired) electrons. The molecule has 1 nitrogen and oxygen atoms in total. The Hall–Kier alpha value is 1.31. The van der Waals surface area contributed by atoms with E-state index >= 15 is 0 Å². The van der Waals surface area contributed by atoms with Crippen molar-refractivity contribution in [3.63, 3.8) is 0 Å². The Kier molecular flexibility index (Phi) is 11.6. The summed E-state index contributed by atoms with van der Waals surface area (Å²) in [4.78, 5) is 0. The molecule has 3 heteroatoms. The number of hydrogen-bond acceptors (Lipinski definition) is 2. The van der Waals surface area contributed by atoms with Gasteiger partial charge in [0, 0.05) is 0 Å². The third-order valence-corrected chi connectivity index (χ3v) is 1.07. The maximum Gasteiger partial charge on any atom is 1.00 e. The van der Waals surface area contributed by atoms with Crippen molar-refractivity contribution < 1.29 is 34.7 Å². The first-order valence-corrected chi connectivity index (χ1v) is 2.71. The van der Waals surface area contributed by atoms with Crippen LogP contribution < -0.4 is 34.7 Å². The van der Waals surface area contributed by atoms with E-state index in [9.17, 15) is 5.11 Å².